The number of pyridine rings is 1. The fourth-order valence-corrected chi connectivity index (χ4v) is 2.19. The van der Waals surface area contributed by atoms with Crippen LogP contribution in [-0.4, -0.2) is 59.8 Å². The van der Waals surface area contributed by atoms with Gasteiger partial charge in [0.2, 0.25) is 5.91 Å². The van der Waals surface area contributed by atoms with Crippen molar-refractivity contribution in [2.45, 2.75) is 25.1 Å². The van der Waals surface area contributed by atoms with Crippen molar-refractivity contribution in [2.75, 3.05) is 26.8 Å². The number of hydrogen-bond acceptors (Lipinski definition) is 5. The van der Waals surface area contributed by atoms with E-state index in [9.17, 15) is 9.90 Å². The minimum Gasteiger partial charge on any atom is -0.391 e. The van der Waals surface area contributed by atoms with E-state index >= 15 is 0 Å². The Morgan fingerprint density at radius 2 is 2.45 bits per heavy atom. The van der Waals surface area contributed by atoms with Crippen molar-refractivity contribution in [3.05, 3.63) is 30.1 Å². The zero-order valence-corrected chi connectivity index (χ0v) is 11.7. The molecule has 2 rings (SSSR count). The fourth-order valence-electron chi connectivity index (χ4n) is 2.19. The Morgan fingerprint density at radius 1 is 1.60 bits per heavy atom. The number of ether oxygens (including phenoxy) is 1. The minimum absolute atomic E-state index is 0.113. The van der Waals surface area contributed by atoms with Gasteiger partial charge < -0.3 is 15.2 Å². The van der Waals surface area contributed by atoms with Gasteiger partial charge in [-0.2, -0.15) is 0 Å². The lowest BCUT2D eigenvalue weighted by molar-refractivity contribution is -0.125. The number of carbonyl (C=O) groups is 1. The molecule has 2 N–H and O–H groups in total. The Morgan fingerprint density at radius 3 is 3.15 bits per heavy atom. The summed E-state index contributed by atoms with van der Waals surface area (Å²) >= 11 is 0. The molecule has 0 saturated carbocycles. The number of aliphatic hydroxyl groups is 1. The first-order valence-electron chi connectivity index (χ1n) is 6.79. The Labute approximate surface area is 118 Å². The van der Waals surface area contributed by atoms with Crippen LogP contribution in [0.4, 0.5) is 0 Å². The first-order chi connectivity index (χ1) is 9.65. The number of likely N-dealkylation sites (N-methyl/N-ethyl adjacent to an activating group) is 1. The zero-order valence-electron chi connectivity index (χ0n) is 11.7. The molecule has 1 amide bonds. The van der Waals surface area contributed by atoms with E-state index in [4.69, 9.17) is 4.74 Å². The Bertz CT molecular complexity index is 427. The number of nitrogens with one attached hydrogen (secondary N) is 1. The number of aliphatic hydroxyl groups excluding tert-OH is 1. The molecule has 0 aromatic carbocycles. The van der Waals surface area contributed by atoms with Crippen molar-refractivity contribution in [3.63, 3.8) is 0 Å². The molecular formula is C14H21N3O3. The number of hydrogen-bond donors (Lipinski definition) is 2. The molecule has 1 aliphatic rings. The van der Waals surface area contributed by atoms with Crippen molar-refractivity contribution < 1.29 is 14.6 Å². The van der Waals surface area contributed by atoms with Gasteiger partial charge in [0.15, 0.2) is 0 Å². The Kier molecular flexibility index (Phi) is 5.46. The van der Waals surface area contributed by atoms with Gasteiger partial charge in [0.25, 0.3) is 0 Å². The molecule has 1 fully saturated rings. The van der Waals surface area contributed by atoms with Crippen LogP contribution in [0.15, 0.2) is 24.4 Å². The molecule has 1 saturated heterocycles. The lowest BCUT2D eigenvalue weighted by Crippen LogP contribution is -2.51. The monoisotopic (exact) mass is 279 g/mol. The maximum atomic E-state index is 11.9. The fraction of sp³-hybridized carbons (Fsp3) is 0.571. The van der Waals surface area contributed by atoms with Crippen molar-refractivity contribution in [2.24, 2.45) is 0 Å². The summed E-state index contributed by atoms with van der Waals surface area (Å²) < 4.78 is 5.26. The summed E-state index contributed by atoms with van der Waals surface area (Å²) in [5.74, 6) is -0.113. The Hall–Kier alpha value is -1.50. The molecule has 2 atom stereocenters. The van der Waals surface area contributed by atoms with E-state index in [0.29, 0.717) is 26.2 Å². The van der Waals surface area contributed by atoms with E-state index < -0.39 is 6.10 Å². The van der Waals surface area contributed by atoms with Gasteiger partial charge in [0, 0.05) is 19.3 Å². The lowest BCUT2D eigenvalue weighted by atomic mass is 10.1. The maximum absolute atomic E-state index is 11.9. The van der Waals surface area contributed by atoms with Gasteiger partial charge in [0.05, 0.1) is 31.0 Å². The normalized spacial score (nSPS) is 22.8. The van der Waals surface area contributed by atoms with Crippen LogP contribution in [0.2, 0.25) is 0 Å². The standard InChI is InChI=1S/C14H21N3O3/c1-17(8-11-4-2-3-6-15-11)9-14(19)16-12-10-20-7-5-13(12)18/h2-4,6,12-13,18H,5,7-10H2,1H3,(H,16,19)/t12-,13-/m1/s1. The third-order valence-corrected chi connectivity index (χ3v) is 3.24. The van der Waals surface area contributed by atoms with Crippen LogP contribution in [0.1, 0.15) is 12.1 Å². The lowest BCUT2D eigenvalue weighted by Gasteiger charge is -2.29. The van der Waals surface area contributed by atoms with E-state index in [1.807, 2.05) is 30.1 Å². The number of nitrogens with zero attached hydrogens (tertiary/aromatic N) is 2. The molecule has 0 radical (unpaired) electrons. The predicted octanol–water partition coefficient (Wildman–Crippen LogP) is -0.221. The van der Waals surface area contributed by atoms with Crippen LogP contribution in [-0.2, 0) is 16.1 Å². The molecule has 2 heterocycles. The molecule has 0 aliphatic carbocycles. The first-order valence-corrected chi connectivity index (χ1v) is 6.79. The van der Waals surface area contributed by atoms with E-state index in [1.165, 1.54) is 0 Å². The van der Waals surface area contributed by atoms with Crippen LogP contribution in [0.5, 0.6) is 0 Å². The van der Waals surface area contributed by atoms with Gasteiger partial charge in [-0.25, -0.2) is 0 Å². The largest absolute Gasteiger partial charge is 0.391 e. The summed E-state index contributed by atoms with van der Waals surface area (Å²) in [4.78, 5) is 18.0. The summed E-state index contributed by atoms with van der Waals surface area (Å²) in [7, 11) is 1.86. The summed E-state index contributed by atoms with van der Waals surface area (Å²) in [6.45, 7) is 1.79. The van der Waals surface area contributed by atoms with Crippen LogP contribution in [0.25, 0.3) is 0 Å². The van der Waals surface area contributed by atoms with Gasteiger partial charge in [0.1, 0.15) is 0 Å². The third-order valence-electron chi connectivity index (χ3n) is 3.24. The van der Waals surface area contributed by atoms with Crippen molar-refractivity contribution in [1.82, 2.24) is 15.2 Å². The number of amides is 1. The summed E-state index contributed by atoms with van der Waals surface area (Å²) in [5, 5.41) is 12.6. The second-order valence-electron chi connectivity index (χ2n) is 5.10. The predicted molar refractivity (Wildman–Crippen MR) is 73.9 cm³/mol. The summed E-state index contributed by atoms with van der Waals surface area (Å²) in [6, 6.07) is 5.40. The van der Waals surface area contributed by atoms with Gasteiger partial charge in [-0.05, 0) is 25.6 Å². The highest BCUT2D eigenvalue weighted by molar-refractivity contribution is 5.78. The van der Waals surface area contributed by atoms with Gasteiger partial charge in [-0.15, -0.1) is 0 Å². The molecule has 6 nitrogen and oxygen atoms in total. The highest BCUT2D eigenvalue weighted by Gasteiger charge is 2.25. The van der Waals surface area contributed by atoms with Crippen molar-refractivity contribution in [1.29, 1.82) is 0 Å². The molecular weight excluding hydrogens is 258 g/mol. The second-order valence-corrected chi connectivity index (χ2v) is 5.10. The number of rotatable bonds is 5. The van der Waals surface area contributed by atoms with Crippen LogP contribution in [0.3, 0.4) is 0 Å². The van der Waals surface area contributed by atoms with E-state index in [-0.39, 0.29) is 18.5 Å². The Balaban J connectivity index is 1.76. The van der Waals surface area contributed by atoms with E-state index in [2.05, 4.69) is 10.3 Å². The molecule has 0 bridgehead atoms. The van der Waals surface area contributed by atoms with Crippen LogP contribution >= 0.6 is 0 Å². The van der Waals surface area contributed by atoms with Crippen molar-refractivity contribution >= 4 is 5.91 Å². The van der Waals surface area contributed by atoms with E-state index in [1.54, 1.807) is 6.20 Å². The highest BCUT2D eigenvalue weighted by Crippen LogP contribution is 2.07. The van der Waals surface area contributed by atoms with Crippen molar-refractivity contribution in [3.8, 4) is 0 Å². The zero-order chi connectivity index (χ0) is 14.4. The number of aromatic nitrogens is 1. The van der Waals surface area contributed by atoms with Gasteiger partial charge in [-0.3, -0.25) is 14.7 Å². The minimum atomic E-state index is -0.520. The summed E-state index contributed by atoms with van der Waals surface area (Å²) in [5.41, 5.74) is 0.920. The average molecular weight is 279 g/mol. The topological polar surface area (TPSA) is 74.7 Å². The molecule has 20 heavy (non-hydrogen) atoms. The summed E-state index contributed by atoms with van der Waals surface area (Å²) in [6.07, 6.45) is 1.78. The van der Waals surface area contributed by atoms with Crippen LogP contribution in [0, 0.1) is 0 Å². The first kappa shape index (κ1) is 14.9. The molecule has 6 heteroatoms. The smallest absolute Gasteiger partial charge is 0.234 e. The third kappa shape index (κ3) is 4.56. The second kappa shape index (κ2) is 7.33. The molecule has 0 spiro atoms. The average Bonchev–Trinajstić information content (AvgIpc) is 2.42. The quantitative estimate of drug-likeness (QED) is 0.779. The molecule has 1 aromatic rings. The van der Waals surface area contributed by atoms with Gasteiger partial charge >= 0.3 is 0 Å². The van der Waals surface area contributed by atoms with Crippen LogP contribution < -0.4 is 5.32 Å². The molecule has 1 aromatic heterocycles. The SMILES string of the molecule is CN(CC(=O)N[C@@H]1COCC[C@H]1O)Cc1ccccn1. The maximum Gasteiger partial charge on any atom is 0.234 e. The number of carbonyl (C=O) groups excluding carboxylic acids is 1. The van der Waals surface area contributed by atoms with Gasteiger partial charge in [-0.1, -0.05) is 6.07 Å². The van der Waals surface area contributed by atoms with E-state index in [0.717, 1.165) is 5.69 Å². The molecule has 1 aliphatic heterocycles. The highest BCUT2D eigenvalue weighted by atomic mass is 16.5. The molecule has 110 valence electrons. The molecule has 0 unspecified atom stereocenters.